The van der Waals surface area contributed by atoms with Crippen molar-refractivity contribution in [2.24, 2.45) is 0 Å². The number of benzene rings is 2. The molecule has 2 aromatic rings. The quantitative estimate of drug-likeness (QED) is 0.317. The number of unbranched alkanes of at least 4 members (excludes halogenated alkanes) is 3. The van der Waals surface area contributed by atoms with Crippen molar-refractivity contribution in [1.82, 2.24) is 0 Å². The molecule has 0 aromatic heterocycles. The number of fused-ring (bicyclic) bond motifs is 1. The first kappa shape index (κ1) is 22.3. The van der Waals surface area contributed by atoms with Gasteiger partial charge in [-0.15, -0.1) is 0 Å². The molecule has 164 valence electrons. The lowest BCUT2D eigenvalue weighted by Gasteiger charge is -2.15. The second-order valence-electron chi connectivity index (χ2n) is 6.95. The predicted molar refractivity (Wildman–Crippen MR) is 118 cm³/mol. The number of ether oxygens (including phenoxy) is 5. The van der Waals surface area contributed by atoms with E-state index in [0.29, 0.717) is 41.1 Å². The highest BCUT2D eigenvalue weighted by Gasteiger charge is 2.17. The number of aliphatic hydroxyl groups excluding tert-OH is 1. The average molecular weight is 425 g/mol. The normalized spacial score (nSPS) is 12.4. The van der Waals surface area contributed by atoms with Crippen molar-refractivity contribution >= 4 is 11.8 Å². The van der Waals surface area contributed by atoms with Crippen LogP contribution in [0.15, 0.2) is 30.3 Å². The summed E-state index contributed by atoms with van der Waals surface area (Å²) in [5.74, 6) is 2.92. The molecule has 1 N–H and O–H groups in total. The van der Waals surface area contributed by atoms with E-state index < -0.39 is 0 Å². The van der Waals surface area contributed by atoms with Gasteiger partial charge < -0.3 is 28.8 Å². The van der Waals surface area contributed by atoms with E-state index in [-0.39, 0.29) is 13.4 Å². The SMILES string of the molecule is [C-]#[N+]/C(=C\c1cc(OC)c(OCCCCCCO)c(OC)c1)c1ccc2c(c1)OCO2. The molecule has 0 aliphatic carbocycles. The topological polar surface area (TPSA) is 70.7 Å². The van der Waals surface area contributed by atoms with Gasteiger partial charge in [-0.1, -0.05) is 12.5 Å². The maximum atomic E-state index is 8.86. The summed E-state index contributed by atoms with van der Waals surface area (Å²) < 4.78 is 27.7. The van der Waals surface area contributed by atoms with Gasteiger partial charge in [0.05, 0.1) is 27.4 Å². The second kappa shape index (κ2) is 11.1. The number of hydrogen-bond acceptors (Lipinski definition) is 6. The molecule has 0 unspecified atom stereocenters. The van der Waals surface area contributed by atoms with Gasteiger partial charge in [-0.25, -0.2) is 4.85 Å². The number of nitrogens with zero attached hydrogens (tertiary/aromatic N) is 1. The highest BCUT2D eigenvalue weighted by Crippen LogP contribution is 2.40. The third kappa shape index (κ3) is 5.62. The first-order valence-electron chi connectivity index (χ1n) is 10.2. The summed E-state index contributed by atoms with van der Waals surface area (Å²) >= 11 is 0. The van der Waals surface area contributed by atoms with Crippen molar-refractivity contribution < 1.29 is 28.8 Å². The molecule has 7 heteroatoms. The summed E-state index contributed by atoms with van der Waals surface area (Å²) in [5.41, 5.74) is 1.95. The lowest BCUT2D eigenvalue weighted by Crippen LogP contribution is -2.02. The first-order valence-corrected chi connectivity index (χ1v) is 10.2. The minimum atomic E-state index is 0.188. The van der Waals surface area contributed by atoms with Crippen LogP contribution < -0.4 is 23.7 Å². The molecular weight excluding hydrogens is 398 g/mol. The molecule has 0 bridgehead atoms. The van der Waals surface area contributed by atoms with Crippen LogP contribution in [0.1, 0.15) is 36.8 Å². The van der Waals surface area contributed by atoms with E-state index >= 15 is 0 Å². The maximum Gasteiger partial charge on any atom is 0.231 e. The molecule has 0 saturated heterocycles. The highest BCUT2D eigenvalue weighted by molar-refractivity contribution is 5.86. The third-order valence-corrected chi connectivity index (χ3v) is 4.87. The van der Waals surface area contributed by atoms with Crippen molar-refractivity contribution in [1.29, 1.82) is 0 Å². The number of rotatable bonds is 11. The lowest BCUT2D eigenvalue weighted by molar-refractivity contribution is 0.174. The Morgan fingerprint density at radius 1 is 1.03 bits per heavy atom. The molecule has 1 aliphatic rings. The van der Waals surface area contributed by atoms with E-state index in [4.69, 9.17) is 35.4 Å². The minimum Gasteiger partial charge on any atom is -0.493 e. The smallest absolute Gasteiger partial charge is 0.231 e. The van der Waals surface area contributed by atoms with Crippen molar-refractivity contribution in [3.05, 3.63) is 52.9 Å². The molecule has 0 amide bonds. The molecule has 0 atom stereocenters. The monoisotopic (exact) mass is 425 g/mol. The fourth-order valence-electron chi connectivity index (χ4n) is 3.26. The van der Waals surface area contributed by atoms with E-state index in [0.717, 1.165) is 36.8 Å². The molecule has 1 heterocycles. The number of hydrogen-bond donors (Lipinski definition) is 1. The Morgan fingerprint density at radius 2 is 1.74 bits per heavy atom. The molecule has 2 aromatic carbocycles. The van der Waals surface area contributed by atoms with E-state index in [2.05, 4.69) is 4.85 Å². The fraction of sp³-hybridized carbons (Fsp3) is 0.375. The molecule has 0 radical (unpaired) electrons. The van der Waals surface area contributed by atoms with Crippen LogP contribution in [0.4, 0.5) is 0 Å². The van der Waals surface area contributed by atoms with Crippen LogP contribution in [-0.2, 0) is 0 Å². The van der Waals surface area contributed by atoms with E-state index in [1.54, 1.807) is 32.4 Å². The summed E-state index contributed by atoms with van der Waals surface area (Å²) in [6.07, 6.45) is 5.40. The van der Waals surface area contributed by atoms with Crippen LogP contribution in [0.25, 0.3) is 16.6 Å². The molecule has 3 rings (SSSR count). The highest BCUT2D eigenvalue weighted by atomic mass is 16.7. The van der Waals surface area contributed by atoms with Crippen LogP contribution in [0.3, 0.4) is 0 Å². The van der Waals surface area contributed by atoms with Crippen LogP contribution in [-0.4, -0.2) is 39.3 Å². The van der Waals surface area contributed by atoms with Crippen LogP contribution >= 0.6 is 0 Å². The Morgan fingerprint density at radius 3 is 2.42 bits per heavy atom. The Kier molecular flexibility index (Phi) is 8.02. The lowest BCUT2D eigenvalue weighted by atomic mass is 10.1. The number of methoxy groups -OCH3 is 2. The summed E-state index contributed by atoms with van der Waals surface area (Å²) in [6, 6.07) is 9.08. The van der Waals surface area contributed by atoms with Gasteiger partial charge >= 0.3 is 0 Å². The summed E-state index contributed by atoms with van der Waals surface area (Å²) in [4.78, 5) is 3.68. The second-order valence-corrected chi connectivity index (χ2v) is 6.95. The minimum absolute atomic E-state index is 0.188. The van der Waals surface area contributed by atoms with Crippen LogP contribution in [0.5, 0.6) is 28.7 Å². The third-order valence-electron chi connectivity index (χ3n) is 4.87. The van der Waals surface area contributed by atoms with Crippen molar-refractivity contribution in [3.63, 3.8) is 0 Å². The van der Waals surface area contributed by atoms with Gasteiger partial charge in [0.15, 0.2) is 28.7 Å². The standard InChI is InChI=1S/C24H27NO6/c1-25-19(18-8-9-20-21(15-18)31-16-30-20)12-17-13-22(27-2)24(23(14-17)28-3)29-11-7-5-4-6-10-26/h8-9,12-15,26H,4-7,10-11,16H2,2-3H3/b19-12-. The van der Waals surface area contributed by atoms with Gasteiger partial charge in [0.1, 0.15) is 0 Å². The van der Waals surface area contributed by atoms with E-state index in [1.807, 2.05) is 18.2 Å². The van der Waals surface area contributed by atoms with Gasteiger partial charge in [-0.3, -0.25) is 0 Å². The zero-order valence-corrected chi connectivity index (χ0v) is 17.8. The molecule has 7 nitrogen and oxygen atoms in total. The van der Waals surface area contributed by atoms with Gasteiger partial charge in [0.2, 0.25) is 12.5 Å². The average Bonchev–Trinajstić information content (AvgIpc) is 3.27. The maximum absolute atomic E-state index is 8.86. The van der Waals surface area contributed by atoms with Crippen LogP contribution in [0, 0.1) is 6.57 Å². The summed E-state index contributed by atoms with van der Waals surface area (Å²) in [5, 5.41) is 8.86. The Balaban J connectivity index is 1.81. The Labute approximate surface area is 182 Å². The molecule has 0 spiro atoms. The molecule has 0 fully saturated rings. The zero-order valence-electron chi connectivity index (χ0n) is 17.8. The van der Waals surface area contributed by atoms with E-state index in [1.165, 1.54) is 0 Å². The Bertz CT molecular complexity index is 938. The zero-order chi connectivity index (χ0) is 22.1. The van der Waals surface area contributed by atoms with Crippen LogP contribution in [0.2, 0.25) is 0 Å². The van der Waals surface area contributed by atoms with Gasteiger partial charge in [0, 0.05) is 6.61 Å². The largest absolute Gasteiger partial charge is 0.493 e. The van der Waals surface area contributed by atoms with Crippen molar-refractivity contribution in [3.8, 4) is 28.7 Å². The molecule has 1 aliphatic heterocycles. The van der Waals surface area contributed by atoms with Gasteiger partial charge in [-0.05, 0) is 60.7 Å². The first-order chi connectivity index (χ1) is 15.2. The van der Waals surface area contributed by atoms with E-state index in [9.17, 15) is 0 Å². The van der Waals surface area contributed by atoms with Gasteiger partial charge in [-0.2, -0.15) is 0 Å². The van der Waals surface area contributed by atoms with Gasteiger partial charge in [0.25, 0.3) is 0 Å². The number of aliphatic hydroxyl groups is 1. The summed E-state index contributed by atoms with van der Waals surface area (Å²) in [6.45, 7) is 8.56. The molecule has 31 heavy (non-hydrogen) atoms. The summed E-state index contributed by atoms with van der Waals surface area (Å²) in [7, 11) is 3.15. The predicted octanol–water partition coefficient (Wildman–Crippen LogP) is 4.78. The van der Waals surface area contributed by atoms with Crippen molar-refractivity contribution in [2.75, 3.05) is 34.2 Å². The molecule has 0 saturated carbocycles. The van der Waals surface area contributed by atoms with Crippen molar-refractivity contribution in [2.45, 2.75) is 25.7 Å². The molecular formula is C24H27NO6. The Hall–Kier alpha value is -3.37. The fourth-order valence-corrected chi connectivity index (χ4v) is 3.26.